The molecule has 0 fully saturated rings. The van der Waals surface area contributed by atoms with Crippen molar-refractivity contribution in [2.24, 2.45) is 0 Å². The molecule has 1 aromatic heterocycles. The van der Waals surface area contributed by atoms with Gasteiger partial charge in [-0.15, -0.1) is 10.2 Å². The van der Waals surface area contributed by atoms with Crippen molar-refractivity contribution in [2.75, 3.05) is 6.54 Å². The van der Waals surface area contributed by atoms with Crippen LogP contribution in [0.4, 0.5) is 0 Å². The lowest BCUT2D eigenvalue weighted by molar-refractivity contribution is -0.120. The monoisotopic (exact) mass is 324 g/mol. The number of amides is 1. The van der Waals surface area contributed by atoms with Crippen LogP contribution in [0, 0.1) is 0 Å². The van der Waals surface area contributed by atoms with Gasteiger partial charge in [0, 0.05) is 11.6 Å². The fourth-order valence-electron chi connectivity index (χ4n) is 1.71. The van der Waals surface area contributed by atoms with E-state index in [9.17, 15) is 4.79 Å². The molecular formula is C14H17ClN4OS. The van der Waals surface area contributed by atoms with Crippen molar-refractivity contribution < 1.29 is 4.79 Å². The number of benzene rings is 1. The molecule has 0 spiro atoms. The molecule has 1 atom stereocenters. The third-order valence-electron chi connectivity index (χ3n) is 2.80. The van der Waals surface area contributed by atoms with E-state index in [4.69, 9.17) is 11.6 Å². The van der Waals surface area contributed by atoms with E-state index < -0.39 is 0 Å². The van der Waals surface area contributed by atoms with Crippen molar-refractivity contribution in [1.29, 1.82) is 0 Å². The van der Waals surface area contributed by atoms with Gasteiger partial charge < -0.3 is 5.32 Å². The van der Waals surface area contributed by atoms with Crippen LogP contribution < -0.4 is 5.32 Å². The van der Waals surface area contributed by atoms with Crippen LogP contribution in [0.25, 0.3) is 5.69 Å². The third-order valence-corrected chi connectivity index (χ3v) is 4.10. The van der Waals surface area contributed by atoms with E-state index in [1.807, 2.05) is 42.7 Å². The molecule has 1 amide bonds. The number of carbonyl (C=O) groups is 1. The average molecular weight is 325 g/mol. The van der Waals surface area contributed by atoms with Crippen LogP contribution in [-0.4, -0.2) is 32.5 Å². The van der Waals surface area contributed by atoms with E-state index >= 15 is 0 Å². The summed E-state index contributed by atoms with van der Waals surface area (Å²) >= 11 is 7.37. The van der Waals surface area contributed by atoms with Gasteiger partial charge in [0.15, 0.2) is 5.16 Å². The summed E-state index contributed by atoms with van der Waals surface area (Å²) < 4.78 is 1.82. The number of hydrogen-bond acceptors (Lipinski definition) is 4. The normalized spacial score (nSPS) is 12.1. The van der Waals surface area contributed by atoms with Gasteiger partial charge in [0.25, 0.3) is 0 Å². The molecular weight excluding hydrogens is 308 g/mol. The van der Waals surface area contributed by atoms with Crippen LogP contribution in [0.15, 0.2) is 35.7 Å². The molecule has 0 radical (unpaired) electrons. The van der Waals surface area contributed by atoms with Gasteiger partial charge in [-0.1, -0.05) is 36.4 Å². The Labute approximate surface area is 133 Å². The van der Waals surface area contributed by atoms with Gasteiger partial charge in [-0.25, -0.2) is 0 Å². The van der Waals surface area contributed by atoms with Gasteiger partial charge in [-0.05, 0) is 31.5 Å². The Morgan fingerprint density at radius 3 is 3.05 bits per heavy atom. The summed E-state index contributed by atoms with van der Waals surface area (Å²) in [5, 5.41) is 11.9. The predicted octanol–water partition coefficient (Wildman–Crippen LogP) is 2.93. The predicted molar refractivity (Wildman–Crippen MR) is 85.0 cm³/mol. The molecule has 5 nitrogen and oxygen atoms in total. The molecule has 2 rings (SSSR count). The molecule has 0 unspecified atom stereocenters. The van der Waals surface area contributed by atoms with E-state index in [0.717, 1.165) is 12.1 Å². The molecule has 0 aliphatic heterocycles. The summed E-state index contributed by atoms with van der Waals surface area (Å²) in [4.78, 5) is 11.9. The molecule has 2 aromatic rings. The van der Waals surface area contributed by atoms with E-state index in [-0.39, 0.29) is 11.2 Å². The Balaban J connectivity index is 2.12. The van der Waals surface area contributed by atoms with Crippen molar-refractivity contribution in [3.05, 3.63) is 35.6 Å². The highest BCUT2D eigenvalue weighted by atomic mass is 35.5. The molecule has 0 saturated carbocycles. The van der Waals surface area contributed by atoms with Gasteiger partial charge >= 0.3 is 0 Å². The first-order valence-corrected chi connectivity index (χ1v) is 7.98. The lowest BCUT2D eigenvalue weighted by Gasteiger charge is -2.12. The summed E-state index contributed by atoms with van der Waals surface area (Å²) in [6.45, 7) is 4.56. The van der Waals surface area contributed by atoms with Crippen LogP contribution in [-0.2, 0) is 4.79 Å². The minimum atomic E-state index is -0.237. The topological polar surface area (TPSA) is 59.8 Å². The molecule has 112 valence electrons. The van der Waals surface area contributed by atoms with Crippen molar-refractivity contribution in [2.45, 2.75) is 30.7 Å². The minimum Gasteiger partial charge on any atom is -0.355 e. The number of nitrogens with zero attached hydrogens (tertiary/aromatic N) is 3. The third kappa shape index (κ3) is 4.22. The van der Waals surface area contributed by atoms with Crippen LogP contribution in [0.1, 0.15) is 20.3 Å². The fourth-order valence-corrected chi connectivity index (χ4v) is 2.76. The largest absolute Gasteiger partial charge is 0.355 e. The summed E-state index contributed by atoms with van der Waals surface area (Å²) in [6.07, 6.45) is 2.53. The Hall–Kier alpha value is -1.53. The van der Waals surface area contributed by atoms with Crippen LogP contribution >= 0.6 is 23.4 Å². The van der Waals surface area contributed by atoms with Crippen molar-refractivity contribution >= 4 is 29.3 Å². The molecule has 1 N–H and O–H groups in total. The van der Waals surface area contributed by atoms with Crippen LogP contribution in [0.5, 0.6) is 0 Å². The van der Waals surface area contributed by atoms with E-state index in [1.54, 1.807) is 6.33 Å². The molecule has 0 bridgehead atoms. The summed E-state index contributed by atoms with van der Waals surface area (Å²) in [5.41, 5.74) is 0.871. The number of thioether (sulfide) groups is 1. The number of hydrogen-bond donors (Lipinski definition) is 1. The van der Waals surface area contributed by atoms with E-state index in [1.165, 1.54) is 11.8 Å². The first-order chi connectivity index (χ1) is 10.1. The first-order valence-electron chi connectivity index (χ1n) is 6.72. The SMILES string of the molecule is CCCNC(=O)[C@H](C)Sc1nncn1-c1cccc(Cl)c1. The zero-order valence-electron chi connectivity index (χ0n) is 11.9. The van der Waals surface area contributed by atoms with Gasteiger partial charge in [-0.3, -0.25) is 9.36 Å². The quantitative estimate of drug-likeness (QED) is 0.830. The maximum Gasteiger partial charge on any atom is 0.233 e. The lowest BCUT2D eigenvalue weighted by Crippen LogP contribution is -2.31. The highest BCUT2D eigenvalue weighted by Crippen LogP contribution is 2.25. The Morgan fingerprint density at radius 1 is 1.52 bits per heavy atom. The number of rotatable bonds is 6. The van der Waals surface area contributed by atoms with Gasteiger partial charge in [0.2, 0.25) is 5.91 Å². The van der Waals surface area contributed by atoms with Crippen molar-refractivity contribution in [3.8, 4) is 5.69 Å². The van der Waals surface area contributed by atoms with Crippen molar-refractivity contribution in [1.82, 2.24) is 20.1 Å². The lowest BCUT2D eigenvalue weighted by atomic mass is 10.3. The Morgan fingerprint density at radius 2 is 2.33 bits per heavy atom. The summed E-state index contributed by atoms with van der Waals surface area (Å²) in [5.74, 6) is 0.00231. The highest BCUT2D eigenvalue weighted by Gasteiger charge is 2.17. The number of carbonyl (C=O) groups excluding carboxylic acids is 1. The Bertz CT molecular complexity index is 617. The second kappa shape index (κ2) is 7.47. The number of aromatic nitrogens is 3. The average Bonchev–Trinajstić information content (AvgIpc) is 2.92. The highest BCUT2D eigenvalue weighted by molar-refractivity contribution is 8.00. The zero-order valence-corrected chi connectivity index (χ0v) is 13.5. The van der Waals surface area contributed by atoms with Gasteiger partial charge in [0.1, 0.15) is 6.33 Å². The van der Waals surface area contributed by atoms with Crippen LogP contribution in [0.2, 0.25) is 5.02 Å². The summed E-state index contributed by atoms with van der Waals surface area (Å²) in [6, 6.07) is 7.42. The maximum absolute atomic E-state index is 11.9. The molecule has 1 heterocycles. The standard InChI is InChI=1S/C14H17ClN4OS/c1-3-7-16-13(20)10(2)21-14-18-17-9-19(14)12-6-4-5-11(15)8-12/h4-6,8-10H,3,7H2,1-2H3,(H,16,20)/t10-/m0/s1. The molecule has 0 aliphatic carbocycles. The zero-order chi connectivity index (χ0) is 15.2. The second-order valence-corrected chi connectivity index (χ2v) is 6.26. The summed E-state index contributed by atoms with van der Waals surface area (Å²) in [7, 11) is 0. The molecule has 1 aromatic carbocycles. The van der Waals surface area contributed by atoms with E-state index in [2.05, 4.69) is 15.5 Å². The minimum absolute atomic E-state index is 0.00231. The molecule has 0 aliphatic rings. The van der Waals surface area contributed by atoms with Crippen molar-refractivity contribution in [3.63, 3.8) is 0 Å². The smallest absolute Gasteiger partial charge is 0.233 e. The number of nitrogens with one attached hydrogen (secondary N) is 1. The van der Waals surface area contributed by atoms with Gasteiger partial charge in [-0.2, -0.15) is 0 Å². The Kier molecular flexibility index (Phi) is 5.64. The molecule has 0 saturated heterocycles. The maximum atomic E-state index is 11.9. The fraction of sp³-hybridized carbons (Fsp3) is 0.357. The molecule has 7 heteroatoms. The van der Waals surface area contributed by atoms with Gasteiger partial charge in [0.05, 0.1) is 10.9 Å². The first kappa shape index (κ1) is 15.9. The van der Waals surface area contributed by atoms with Crippen LogP contribution in [0.3, 0.4) is 0 Å². The number of halogens is 1. The molecule has 21 heavy (non-hydrogen) atoms. The second-order valence-electron chi connectivity index (χ2n) is 4.51. The van der Waals surface area contributed by atoms with E-state index in [0.29, 0.717) is 16.7 Å².